The van der Waals surface area contributed by atoms with Crippen molar-refractivity contribution in [2.75, 3.05) is 16.8 Å². The topological polar surface area (TPSA) is 56.7 Å². The average molecular weight is 542 g/mol. The minimum Gasteiger partial charge on any atom is -0.478 e. The van der Waals surface area contributed by atoms with E-state index in [2.05, 4.69) is 91.4 Å². The number of anilines is 2. The van der Waals surface area contributed by atoms with Crippen LogP contribution in [0.25, 0.3) is 11.3 Å². The van der Waals surface area contributed by atoms with Gasteiger partial charge in [-0.2, -0.15) is 0 Å². The number of benzene rings is 3. The second kappa shape index (κ2) is 12.9. The molecule has 0 radical (unpaired) electrons. The monoisotopic (exact) mass is 541 g/mol. The first-order valence-corrected chi connectivity index (χ1v) is 14.6. The summed E-state index contributed by atoms with van der Waals surface area (Å²) in [7, 11) is 2.01. The minimum absolute atomic E-state index is 0.299. The Bertz CT molecular complexity index is 1340. The summed E-state index contributed by atoms with van der Waals surface area (Å²) in [6, 6.07) is 25.3. The molecule has 0 aliphatic heterocycles. The van der Waals surface area contributed by atoms with Crippen molar-refractivity contribution in [2.45, 2.75) is 65.6 Å². The normalized spacial score (nSPS) is 11.3. The van der Waals surface area contributed by atoms with E-state index >= 15 is 0 Å². The molecule has 1 aromatic heterocycles. The van der Waals surface area contributed by atoms with Crippen LogP contribution in [0.2, 0.25) is 0 Å². The highest BCUT2D eigenvalue weighted by Gasteiger charge is 2.14. The van der Waals surface area contributed by atoms with E-state index in [-0.39, 0.29) is 0 Å². The number of hydrogen-bond acceptors (Lipinski definition) is 5. The van der Waals surface area contributed by atoms with E-state index in [0.717, 1.165) is 28.5 Å². The Morgan fingerprint density at radius 1 is 0.872 bits per heavy atom. The van der Waals surface area contributed by atoms with Crippen molar-refractivity contribution in [3.63, 3.8) is 0 Å². The molecule has 39 heavy (non-hydrogen) atoms. The third-order valence-corrected chi connectivity index (χ3v) is 8.30. The molecule has 4 rings (SSSR count). The van der Waals surface area contributed by atoms with Crippen LogP contribution in [0, 0.1) is 0 Å². The lowest BCUT2D eigenvalue weighted by Crippen LogP contribution is -2.30. The highest BCUT2D eigenvalue weighted by molar-refractivity contribution is 7.14. The summed E-state index contributed by atoms with van der Waals surface area (Å²) in [6.45, 7) is 10.5. The van der Waals surface area contributed by atoms with E-state index < -0.39 is 5.97 Å². The van der Waals surface area contributed by atoms with Crippen LogP contribution in [0.1, 0.15) is 73.5 Å². The van der Waals surface area contributed by atoms with E-state index in [1.807, 2.05) is 19.2 Å². The van der Waals surface area contributed by atoms with Crippen LogP contribution in [-0.4, -0.2) is 29.1 Å². The fraction of sp³-hybridized carbons (Fsp3) is 0.333. The van der Waals surface area contributed by atoms with E-state index in [1.165, 1.54) is 29.7 Å². The molecule has 6 heteroatoms. The molecule has 0 fully saturated rings. The van der Waals surface area contributed by atoms with E-state index in [9.17, 15) is 4.79 Å². The summed E-state index contributed by atoms with van der Waals surface area (Å²) in [5, 5.41) is 12.1. The molecule has 0 unspecified atom stereocenters. The van der Waals surface area contributed by atoms with Gasteiger partial charge in [-0.05, 0) is 73.6 Å². The summed E-state index contributed by atoms with van der Waals surface area (Å²) in [4.78, 5) is 20.5. The molecule has 0 bridgehead atoms. The standard InChI is InChI=1S/C33H39N3O2S/c1-6-26(7-2)27-16-18-30(19-17-27)36(23(3)4)21-25-8-12-28(13-9-25)31-22-39-33(34-31)35(5)20-24-10-14-29(15-11-24)32(37)38/h8-19,22-23,26H,6-7,20-21H2,1-5H3,(H,37,38). The van der Waals surface area contributed by atoms with Gasteiger partial charge in [0.1, 0.15) is 0 Å². The Morgan fingerprint density at radius 3 is 2.03 bits per heavy atom. The second-order valence-corrected chi connectivity index (χ2v) is 11.2. The minimum atomic E-state index is -0.909. The Balaban J connectivity index is 1.41. The number of rotatable bonds is 12. The molecule has 0 aliphatic rings. The van der Waals surface area contributed by atoms with Crippen LogP contribution in [0.4, 0.5) is 10.8 Å². The van der Waals surface area contributed by atoms with Gasteiger partial charge in [0.05, 0.1) is 11.3 Å². The highest BCUT2D eigenvalue weighted by Crippen LogP contribution is 2.30. The van der Waals surface area contributed by atoms with Crippen molar-refractivity contribution < 1.29 is 9.90 Å². The molecule has 0 spiro atoms. The molecule has 1 heterocycles. The van der Waals surface area contributed by atoms with Gasteiger partial charge in [0, 0.05) is 42.8 Å². The molecule has 204 valence electrons. The van der Waals surface area contributed by atoms with Gasteiger partial charge in [-0.25, -0.2) is 9.78 Å². The van der Waals surface area contributed by atoms with Crippen LogP contribution in [0.3, 0.4) is 0 Å². The number of carbonyl (C=O) groups is 1. The fourth-order valence-corrected chi connectivity index (χ4v) is 5.72. The van der Waals surface area contributed by atoms with Gasteiger partial charge >= 0.3 is 5.97 Å². The molecule has 0 saturated carbocycles. The summed E-state index contributed by atoms with van der Waals surface area (Å²) < 4.78 is 0. The zero-order valence-corrected chi connectivity index (χ0v) is 24.4. The van der Waals surface area contributed by atoms with Crippen molar-refractivity contribution in [1.29, 1.82) is 0 Å². The Morgan fingerprint density at radius 2 is 1.46 bits per heavy atom. The van der Waals surface area contributed by atoms with Crippen molar-refractivity contribution in [1.82, 2.24) is 4.98 Å². The number of carboxylic acids is 1. The number of aromatic carboxylic acids is 1. The second-order valence-electron chi connectivity index (χ2n) is 10.4. The van der Waals surface area contributed by atoms with Crippen molar-refractivity contribution in [3.8, 4) is 11.3 Å². The third-order valence-electron chi connectivity index (χ3n) is 7.35. The first kappa shape index (κ1) is 28.4. The van der Waals surface area contributed by atoms with Gasteiger partial charge in [0.2, 0.25) is 0 Å². The lowest BCUT2D eigenvalue weighted by Gasteiger charge is -2.30. The summed E-state index contributed by atoms with van der Waals surface area (Å²) in [5.74, 6) is -0.274. The maximum absolute atomic E-state index is 11.1. The van der Waals surface area contributed by atoms with Crippen LogP contribution < -0.4 is 9.80 Å². The largest absolute Gasteiger partial charge is 0.478 e. The summed E-state index contributed by atoms with van der Waals surface area (Å²) >= 11 is 1.61. The van der Waals surface area contributed by atoms with Gasteiger partial charge in [-0.1, -0.05) is 62.4 Å². The predicted molar refractivity (Wildman–Crippen MR) is 164 cm³/mol. The van der Waals surface area contributed by atoms with Crippen LogP contribution in [0.15, 0.2) is 78.2 Å². The number of nitrogens with zero attached hydrogens (tertiary/aromatic N) is 3. The van der Waals surface area contributed by atoms with Gasteiger partial charge in [-0.3, -0.25) is 0 Å². The third kappa shape index (κ3) is 7.07. The Labute approximate surface area is 236 Å². The zero-order chi connectivity index (χ0) is 27.9. The molecule has 3 aromatic carbocycles. The lowest BCUT2D eigenvalue weighted by molar-refractivity contribution is 0.0697. The first-order valence-electron chi connectivity index (χ1n) is 13.7. The van der Waals surface area contributed by atoms with Crippen LogP contribution >= 0.6 is 11.3 Å². The molecule has 5 nitrogen and oxygen atoms in total. The molecule has 0 amide bonds. The maximum Gasteiger partial charge on any atom is 0.335 e. The molecular weight excluding hydrogens is 502 g/mol. The lowest BCUT2D eigenvalue weighted by atomic mass is 9.94. The van der Waals surface area contributed by atoms with Gasteiger partial charge < -0.3 is 14.9 Å². The van der Waals surface area contributed by atoms with Crippen molar-refractivity contribution >= 4 is 28.1 Å². The molecule has 0 aliphatic carbocycles. The fourth-order valence-electron chi connectivity index (χ4n) is 4.91. The van der Waals surface area contributed by atoms with Gasteiger partial charge in [0.25, 0.3) is 0 Å². The number of hydrogen-bond donors (Lipinski definition) is 1. The number of thiazole rings is 1. The quantitative estimate of drug-likeness (QED) is 0.195. The Kier molecular flexibility index (Phi) is 9.41. The molecule has 0 atom stereocenters. The van der Waals surface area contributed by atoms with Gasteiger partial charge in [0.15, 0.2) is 5.13 Å². The molecular formula is C33H39N3O2S. The van der Waals surface area contributed by atoms with E-state index in [1.54, 1.807) is 23.5 Å². The van der Waals surface area contributed by atoms with Crippen LogP contribution in [0.5, 0.6) is 0 Å². The maximum atomic E-state index is 11.1. The van der Waals surface area contributed by atoms with E-state index in [0.29, 0.717) is 24.1 Å². The first-order chi connectivity index (χ1) is 18.8. The van der Waals surface area contributed by atoms with Crippen molar-refractivity contribution in [2.24, 2.45) is 0 Å². The smallest absolute Gasteiger partial charge is 0.335 e. The highest BCUT2D eigenvalue weighted by atomic mass is 32.1. The number of aromatic nitrogens is 1. The van der Waals surface area contributed by atoms with E-state index in [4.69, 9.17) is 10.1 Å². The number of carboxylic acid groups (broad SMARTS) is 1. The molecule has 4 aromatic rings. The summed E-state index contributed by atoms with van der Waals surface area (Å²) in [6.07, 6.45) is 2.35. The predicted octanol–water partition coefficient (Wildman–Crippen LogP) is 8.46. The SMILES string of the molecule is CCC(CC)c1ccc(N(Cc2ccc(-c3csc(N(C)Cc4ccc(C(=O)O)cc4)n3)cc2)C(C)C)cc1. The van der Waals surface area contributed by atoms with Crippen LogP contribution in [-0.2, 0) is 13.1 Å². The Hall–Kier alpha value is -3.64. The zero-order valence-electron chi connectivity index (χ0n) is 23.6. The van der Waals surface area contributed by atoms with Crippen molar-refractivity contribution in [3.05, 3.63) is 100 Å². The average Bonchev–Trinajstić information content (AvgIpc) is 3.44. The summed E-state index contributed by atoms with van der Waals surface area (Å²) in [5.41, 5.74) is 7.37. The van der Waals surface area contributed by atoms with Gasteiger partial charge in [-0.15, -0.1) is 11.3 Å². The molecule has 1 N–H and O–H groups in total. The molecule has 0 saturated heterocycles.